The van der Waals surface area contributed by atoms with E-state index >= 15 is 9.59 Å². The Balaban J connectivity index is 0.863. The normalized spacial score (nSPS) is 23.0. The van der Waals surface area contributed by atoms with Crippen molar-refractivity contribution >= 4 is 135 Å². The van der Waals surface area contributed by atoms with E-state index in [2.05, 4.69) is 52.8 Å². The first-order valence-corrected chi connectivity index (χ1v) is 48.6. The summed E-state index contributed by atoms with van der Waals surface area (Å²) in [6.07, 6.45) is -7.14. The van der Waals surface area contributed by atoms with Crippen molar-refractivity contribution in [1.29, 1.82) is 0 Å². The third-order valence-electron chi connectivity index (χ3n) is 26.2. The number of rotatable bonds is 50. The molecule has 20 N–H and O–H groups in total. The van der Waals surface area contributed by atoms with Crippen molar-refractivity contribution in [2.24, 2.45) is 39.7 Å². The highest BCUT2D eigenvalue weighted by Gasteiger charge is 2.78. The summed E-state index contributed by atoms with van der Waals surface area (Å²) in [5.74, 6) is -17.5. The molecule has 42 heteroatoms. The van der Waals surface area contributed by atoms with Crippen LogP contribution in [0.2, 0.25) is 0 Å². The molecular formula is C96H127N15O25S2. The number of carbonyl (C=O) groups is 17. The molecule has 3 heterocycles. The van der Waals surface area contributed by atoms with Crippen molar-refractivity contribution in [2.75, 3.05) is 70.7 Å². The van der Waals surface area contributed by atoms with Crippen molar-refractivity contribution in [3.8, 4) is 0 Å². The van der Waals surface area contributed by atoms with E-state index in [1.165, 1.54) is 76.2 Å². The topological polar surface area (TPSA) is 617 Å². The number of likely N-dealkylation sites (tertiary alicyclic amines) is 1. The number of nitrogens with zero attached hydrogens (tertiary/aromatic N) is 1. The zero-order valence-corrected chi connectivity index (χ0v) is 80.2. The number of aromatic nitrogens is 1. The molecule has 138 heavy (non-hydrogen) atoms. The highest BCUT2D eigenvalue weighted by atomic mass is 32.2. The van der Waals surface area contributed by atoms with E-state index < -0.39 is 264 Å². The molecule has 5 aliphatic rings. The lowest BCUT2D eigenvalue weighted by atomic mass is 9.44. The van der Waals surface area contributed by atoms with Gasteiger partial charge in [-0.1, -0.05) is 98.8 Å². The first-order valence-electron chi connectivity index (χ1n) is 46.1. The molecule has 3 aliphatic carbocycles. The van der Waals surface area contributed by atoms with Gasteiger partial charge in [0.05, 0.1) is 60.4 Å². The van der Waals surface area contributed by atoms with Crippen LogP contribution in [0.3, 0.4) is 0 Å². The van der Waals surface area contributed by atoms with Gasteiger partial charge in [-0.05, 0) is 169 Å². The predicted molar refractivity (Wildman–Crippen MR) is 505 cm³/mol. The summed E-state index contributed by atoms with van der Waals surface area (Å²) >= 11 is 2.26. The van der Waals surface area contributed by atoms with Gasteiger partial charge in [-0.25, -0.2) is 9.59 Å². The summed E-state index contributed by atoms with van der Waals surface area (Å²) in [6.45, 7) is 5.73. The summed E-state index contributed by atoms with van der Waals surface area (Å²) in [5.41, 5.74) is 15.6. The minimum Gasteiger partial charge on any atom is -0.455 e. The van der Waals surface area contributed by atoms with Crippen LogP contribution < -0.4 is 70.8 Å². The molecule has 2 aliphatic heterocycles. The van der Waals surface area contributed by atoms with E-state index in [1.807, 2.05) is 24.5 Å². The number of nitrogens with two attached hydrogens (primary N) is 4. The average molecular weight is 1960 g/mol. The molecule has 2 bridgehead atoms. The Hall–Kier alpha value is -12.0. The number of nitrogens with one attached hydrogen (secondary N) is 10. The molecule has 1 aromatic heterocycles. The highest BCUT2D eigenvalue weighted by Crippen LogP contribution is 2.65. The summed E-state index contributed by atoms with van der Waals surface area (Å²) < 4.78 is 37.3. The maximum atomic E-state index is 16.1. The van der Waals surface area contributed by atoms with Gasteiger partial charge in [0.1, 0.15) is 60.2 Å². The molecule has 2 saturated heterocycles. The quantitative estimate of drug-likeness (QED) is 0.00853. The molecule has 748 valence electrons. The highest BCUT2D eigenvalue weighted by molar-refractivity contribution is 8.00. The Bertz CT molecular complexity index is 5270. The Kier molecular flexibility index (Phi) is 38.7. The standard InChI is InChI=1S/C96H127N15O25S2/c1-53-68(47-96(130)82(135-91(128)58-30-16-11-17-31-58)80-94(6,70(114)46-71-95(80,52-131-71)136-55(3)113)81(119)78(132-54(2)112)76(53)93(96,4)5)133-92(129)79(77(56-26-12-9-13-27-56)110-83(120)57-28-14-10-15-29-57)134-75(118)37-42-111-74(117)45-69(90(111)127)138-51-67(85(122)103-49-72(100)115)105-73(116)50-104-84(121)63(34-20-23-39-97)106-87(124)64(35-21-24-40-98)108-89(126)66(44-59-48-102-61-33-19-18-32-60(59)61)109-88(125)65(36-22-25-41-99)107-86(123)62(101-7)38-43-137-8/h9-19,26-33,48,62-71,77-80,82,101-102,114,130H,20-25,34-47,49-52,97-99H2,1-8H3,(H2,100,115)(H,103,122)(H,104,121)(H,105,116)(H,106,124)(H,107,123)(H,108,126)(H,109,125)(H,110,120)/t62-,63-,64-,65-,66-,67?,68-,69?,70-,71+,77-,78+,79+,80?,82-,94+,95-,96+/m0/s1. The lowest BCUT2D eigenvalue weighted by molar-refractivity contribution is -0.346. The van der Waals surface area contributed by atoms with E-state index in [0.29, 0.717) is 73.0 Å². The van der Waals surface area contributed by atoms with Crippen molar-refractivity contribution in [3.63, 3.8) is 0 Å². The number of hydrogen-bond donors (Lipinski definition) is 16. The number of imide groups is 1. The van der Waals surface area contributed by atoms with Crippen LogP contribution in [0.1, 0.15) is 169 Å². The number of fused-ring (bicyclic) bond motifs is 6. The molecule has 4 fully saturated rings. The van der Waals surface area contributed by atoms with Crippen molar-refractivity contribution < 1.29 is 120 Å². The van der Waals surface area contributed by atoms with Crippen LogP contribution in [0.15, 0.2) is 133 Å². The lowest BCUT2D eigenvalue weighted by Crippen LogP contribution is -2.82. The largest absolute Gasteiger partial charge is 0.455 e. The smallest absolute Gasteiger partial charge is 0.350 e. The molecule has 3 unspecified atom stereocenters. The second kappa shape index (κ2) is 49.5. The van der Waals surface area contributed by atoms with E-state index in [0.717, 1.165) is 24.8 Å². The van der Waals surface area contributed by atoms with E-state index in [9.17, 15) is 82.1 Å². The number of para-hydroxylation sites is 1. The molecule has 18 atom stereocenters. The molecular weight excluding hydrogens is 1830 g/mol. The first kappa shape index (κ1) is 108. The third-order valence-corrected chi connectivity index (χ3v) is 28.1. The number of aliphatic hydroxyl groups excluding tert-OH is 1. The van der Waals surface area contributed by atoms with E-state index in [4.69, 9.17) is 51.4 Å². The van der Waals surface area contributed by atoms with Gasteiger partial charge >= 0.3 is 29.8 Å². The van der Waals surface area contributed by atoms with Crippen LogP contribution in [0.4, 0.5) is 0 Å². The monoisotopic (exact) mass is 1950 g/mol. The van der Waals surface area contributed by atoms with Crippen LogP contribution >= 0.6 is 23.5 Å². The Labute approximate surface area is 807 Å². The summed E-state index contributed by atoms with van der Waals surface area (Å²) in [5, 5.41) is 50.4. The number of aromatic amines is 1. The molecule has 0 spiro atoms. The number of thioether (sulfide) groups is 2. The van der Waals surface area contributed by atoms with E-state index in [-0.39, 0.29) is 79.5 Å². The number of H-pyrrole nitrogens is 1. The summed E-state index contributed by atoms with van der Waals surface area (Å²) in [6, 6.07) is 21.0. The van der Waals surface area contributed by atoms with Gasteiger partial charge in [-0.2, -0.15) is 11.8 Å². The van der Waals surface area contributed by atoms with Crippen LogP contribution in [0, 0.1) is 16.7 Å². The number of benzene rings is 4. The molecule has 5 aromatic rings. The van der Waals surface area contributed by atoms with Crippen molar-refractivity contribution in [2.45, 2.75) is 233 Å². The fourth-order valence-corrected chi connectivity index (χ4v) is 20.3. The van der Waals surface area contributed by atoms with E-state index in [1.54, 1.807) is 73.5 Å². The SMILES string of the molecule is CN[C@@H](CCSC)C(=O)N[C@@H](CCCCN)C(=O)N[C@@H](Cc1c[nH]c2ccccc12)C(=O)N[C@@H](CCCCN)C(=O)N[C@@H](CCCCN)C(=O)NCC(=O)NC(CSC1CC(=O)N(CCC(=O)O[C@@H](C(=O)O[C@H]2C[C@@]3(O)[C@@H](OC(=O)c4ccccc4)C4[C@](C)(C(=O)[C@H](OC(C)=O)C(=C2C)C3(C)C)[C@@H](O)C[C@H]2OC[C@@]42OC(C)=O)[C@@H](NC(=O)c2ccccc2)c2ccccc2)C1=O)C(=O)NCC(N)=O. The first-order chi connectivity index (χ1) is 65.8. The molecule has 2 saturated carbocycles. The number of Topliss-reactive ketones (excluding diaryl/α,β-unsaturated/α-hetero) is 1. The van der Waals surface area contributed by atoms with Gasteiger partial charge in [0.2, 0.25) is 65.2 Å². The molecule has 40 nitrogen and oxygen atoms in total. The van der Waals surface area contributed by atoms with Crippen molar-refractivity contribution in [3.05, 3.63) is 155 Å². The number of carbonyl (C=O) groups excluding carboxylic acids is 17. The molecule has 4 aromatic carbocycles. The average Bonchev–Trinajstić information content (AvgIpc) is 0.678. The number of unbranched alkanes of at least 4 members (excludes halogenated alkanes) is 3. The van der Waals surface area contributed by atoms with Gasteiger partial charge in [0.15, 0.2) is 17.5 Å². The number of hydrogen-bond acceptors (Lipinski definition) is 31. The molecule has 11 amide bonds. The number of likely N-dealkylation sites (N-methyl/N-ethyl adjacent to an activating group) is 1. The van der Waals surface area contributed by atoms with Crippen LogP contribution in [-0.2, 0) is 107 Å². The van der Waals surface area contributed by atoms with Crippen LogP contribution in [0.5, 0.6) is 0 Å². The van der Waals surface area contributed by atoms with Crippen molar-refractivity contribution in [1.82, 2.24) is 57.7 Å². The number of primary amides is 1. The summed E-state index contributed by atoms with van der Waals surface area (Å²) in [4.78, 5) is 248. The van der Waals surface area contributed by atoms with Gasteiger partial charge in [0, 0.05) is 79.9 Å². The Morgan fingerprint density at radius 3 is 1.75 bits per heavy atom. The van der Waals surface area contributed by atoms with Gasteiger partial charge in [-0.15, -0.1) is 11.8 Å². The second-order valence-electron chi connectivity index (χ2n) is 35.8. The zero-order valence-electron chi connectivity index (χ0n) is 78.5. The maximum absolute atomic E-state index is 16.1. The fraction of sp³-hybridized carbons (Fsp3) is 0.531. The molecule has 0 radical (unpaired) electrons. The Morgan fingerprint density at radius 2 is 1.19 bits per heavy atom. The Morgan fingerprint density at radius 1 is 0.638 bits per heavy atom. The minimum absolute atomic E-state index is 0.00706. The summed E-state index contributed by atoms with van der Waals surface area (Å²) in [7, 11) is 1.64. The number of amides is 11. The fourth-order valence-electron chi connectivity index (χ4n) is 18.7. The number of ketones is 1. The van der Waals surface area contributed by atoms with Crippen LogP contribution in [-0.4, -0.2) is 281 Å². The van der Waals surface area contributed by atoms with Gasteiger partial charge < -0.3 is 114 Å². The number of esters is 5. The van der Waals surface area contributed by atoms with Gasteiger partial charge in [-0.3, -0.25) is 76.8 Å². The predicted octanol–water partition coefficient (Wildman–Crippen LogP) is 1.13. The van der Waals surface area contributed by atoms with Crippen LogP contribution in [0.25, 0.3) is 10.9 Å². The third kappa shape index (κ3) is 26.1. The maximum Gasteiger partial charge on any atom is 0.350 e. The minimum atomic E-state index is -2.65. The number of aliphatic hydroxyl groups is 2. The lowest BCUT2D eigenvalue weighted by Gasteiger charge is -2.67. The second-order valence-corrected chi connectivity index (χ2v) is 38.0. The number of ether oxygens (including phenoxy) is 6. The molecule has 10 rings (SSSR count). The zero-order chi connectivity index (χ0) is 101. The van der Waals surface area contributed by atoms with Gasteiger partial charge in [0.25, 0.3) is 5.91 Å².